The minimum atomic E-state index is -1.27. The fraction of sp³-hybridized carbons (Fsp3) is 0. The Labute approximate surface area is 116 Å². The summed E-state index contributed by atoms with van der Waals surface area (Å²) in [4.78, 5) is 10.2. The summed E-state index contributed by atoms with van der Waals surface area (Å²) in [7, 11) is 0. The van der Waals surface area contributed by atoms with E-state index in [0.717, 1.165) is 15.9 Å². The van der Waals surface area contributed by atoms with Crippen LogP contribution in [0.4, 0.5) is 0 Å². The molecule has 0 unspecified atom stereocenters. The van der Waals surface area contributed by atoms with Gasteiger partial charge in [-0.05, 0) is 36.4 Å². The topological polar surface area (TPSA) is 53.3 Å². The van der Waals surface area contributed by atoms with Gasteiger partial charge in [-0.25, -0.2) is 0 Å². The van der Waals surface area contributed by atoms with E-state index in [1.807, 2.05) is 18.2 Å². The van der Waals surface area contributed by atoms with Gasteiger partial charge in [-0.3, -0.25) is 0 Å². The van der Waals surface area contributed by atoms with Gasteiger partial charge in [-0.1, -0.05) is 33.6 Å². The molecular weight excluding hydrogens is 319 g/mol. The summed E-state index contributed by atoms with van der Waals surface area (Å²) in [6.07, 6.45) is 3.62. The highest BCUT2D eigenvalue weighted by molar-refractivity contribution is 9.10. The molecule has 0 amide bonds. The van der Waals surface area contributed by atoms with Gasteiger partial charge < -0.3 is 14.3 Å². The van der Waals surface area contributed by atoms with Gasteiger partial charge >= 0.3 is 0 Å². The highest BCUT2D eigenvalue weighted by Gasteiger charge is 2.06. The van der Waals surface area contributed by atoms with Crippen LogP contribution in [-0.4, -0.2) is 5.97 Å². The number of halogens is 2. The average molecular weight is 327 g/mol. The zero-order valence-corrected chi connectivity index (χ0v) is 11.4. The number of furan rings is 1. The first-order valence-electron chi connectivity index (χ1n) is 5.00. The van der Waals surface area contributed by atoms with Crippen molar-refractivity contribution in [2.45, 2.75) is 0 Å². The van der Waals surface area contributed by atoms with Crippen LogP contribution >= 0.6 is 27.5 Å². The van der Waals surface area contributed by atoms with E-state index in [1.165, 1.54) is 12.2 Å². The Bertz CT molecular complexity index is 655. The van der Waals surface area contributed by atoms with Crippen molar-refractivity contribution in [3.05, 3.63) is 52.7 Å². The first-order valence-corrected chi connectivity index (χ1v) is 6.17. The molecular formula is C13H7BrClO3-. The molecule has 0 spiro atoms. The number of carboxylic acid groups (broad SMARTS) is 1. The molecule has 1 heterocycles. The van der Waals surface area contributed by atoms with Gasteiger partial charge in [-0.15, -0.1) is 0 Å². The largest absolute Gasteiger partial charge is 0.545 e. The quantitative estimate of drug-likeness (QED) is 0.643. The second-order valence-electron chi connectivity index (χ2n) is 3.49. The van der Waals surface area contributed by atoms with E-state index in [4.69, 9.17) is 16.0 Å². The van der Waals surface area contributed by atoms with Crippen molar-refractivity contribution < 1.29 is 14.3 Å². The predicted octanol–water partition coefficient (Wildman–Crippen LogP) is 3.08. The SMILES string of the molecule is O=C([O-])/C=C/C=C(\Cl)c1cc2cc(Br)ccc2o1. The van der Waals surface area contributed by atoms with E-state index < -0.39 is 5.97 Å². The molecule has 18 heavy (non-hydrogen) atoms. The Morgan fingerprint density at radius 1 is 1.39 bits per heavy atom. The minimum absolute atomic E-state index is 0.319. The summed E-state index contributed by atoms with van der Waals surface area (Å²) >= 11 is 9.36. The summed E-state index contributed by atoms with van der Waals surface area (Å²) in [6, 6.07) is 7.38. The smallest absolute Gasteiger partial charge is 0.146 e. The lowest BCUT2D eigenvalue weighted by Gasteiger charge is -1.91. The molecule has 1 aromatic heterocycles. The van der Waals surface area contributed by atoms with Gasteiger partial charge in [-0.2, -0.15) is 0 Å². The monoisotopic (exact) mass is 325 g/mol. The van der Waals surface area contributed by atoms with Crippen molar-refractivity contribution in [1.82, 2.24) is 0 Å². The molecule has 0 atom stereocenters. The van der Waals surface area contributed by atoms with Crippen molar-refractivity contribution >= 4 is 49.5 Å². The molecule has 2 rings (SSSR count). The number of carbonyl (C=O) groups is 1. The van der Waals surface area contributed by atoms with Crippen LogP contribution in [-0.2, 0) is 4.79 Å². The first kappa shape index (κ1) is 12.9. The lowest BCUT2D eigenvalue weighted by atomic mass is 10.2. The zero-order valence-electron chi connectivity index (χ0n) is 9.02. The molecule has 0 aliphatic carbocycles. The van der Waals surface area contributed by atoms with Crippen LogP contribution < -0.4 is 5.11 Å². The number of aliphatic carboxylic acids is 1. The van der Waals surface area contributed by atoms with E-state index >= 15 is 0 Å². The molecule has 0 N–H and O–H groups in total. The number of hydrogen-bond acceptors (Lipinski definition) is 3. The molecule has 92 valence electrons. The molecule has 0 aliphatic heterocycles. The zero-order chi connectivity index (χ0) is 13.1. The van der Waals surface area contributed by atoms with Gasteiger partial charge in [0.25, 0.3) is 0 Å². The normalized spacial score (nSPS) is 12.4. The first-order chi connectivity index (χ1) is 8.56. The standard InChI is InChI=1S/C13H8BrClO3/c14-9-4-5-11-8(6-9)7-12(18-11)10(15)2-1-3-13(16)17/h1-7H,(H,16,17)/p-1/b3-1+,10-2-. The van der Waals surface area contributed by atoms with Crippen LogP contribution in [0.2, 0.25) is 0 Å². The van der Waals surface area contributed by atoms with Gasteiger partial charge in [0.1, 0.15) is 11.3 Å². The number of carboxylic acids is 1. The summed E-state index contributed by atoms with van der Waals surface area (Å²) in [5.74, 6) is -0.794. The number of allylic oxidation sites excluding steroid dienone is 2. The van der Waals surface area contributed by atoms with Gasteiger partial charge in [0.2, 0.25) is 0 Å². The lowest BCUT2D eigenvalue weighted by Crippen LogP contribution is -2.18. The van der Waals surface area contributed by atoms with Crippen molar-refractivity contribution in [2.24, 2.45) is 0 Å². The van der Waals surface area contributed by atoms with Crippen LogP contribution in [0.1, 0.15) is 5.76 Å². The number of benzene rings is 1. The third kappa shape index (κ3) is 3.03. The van der Waals surface area contributed by atoms with E-state index in [0.29, 0.717) is 16.4 Å². The molecule has 3 nitrogen and oxygen atoms in total. The third-order valence-corrected chi connectivity index (χ3v) is 2.99. The summed E-state index contributed by atoms with van der Waals surface area (Å²) in [5.41, 5.74) is 0.712. The second-order valence-corrected chi connectivity index (χ2v) is 4.81. The Morgan fingerprint density at radius 3 is 2.89 bits per heavy atom. The fourth-order valence-electron chi connectivity index (χ4n) is 1.43. The van der Waals surface area contributed by atoms with Crippen molar-refractivity contribution in [2.75, 3.05) is 0 Å². The summed E-state index contributed by atoms with van der Waals surface area (Å²) in [6.45, 7) is 0. The minimum Gasteiger partial charge on any atom is -0.545 e. The maximum absolute atomic E-state index is 10.2. The number of hydrogen-bond donors (Lipinski definition) is 0. The van der Waals surface area contributed by atoms with E-state index in [2.05, 4.69) is 15.9 Å². The van der Waals surface area contributed by atoms with E-state index in [1.54, 1.807) is 6.07 Å². The van der Waals surface area contributed by atoms with Crippen LogP contribution in [0.25, 0.3) is 16.0 Å². The van der Waals surface area contributed by atoms with Gasteiger partial charge in [0, 0.05) is 9.86 Å². The Balaban J connectivity index is 2.33. The number of fused-ring (bicyclic) bond motifs is 1. The fourth-order valence-corrected chi connectivity index (χ4v) is 1.97. The lowest BCUT2D eigenvalue weighted by molar-refractivity contribution is -0.297. The average Bonchev–Trinajstić information content (AvgIpc) is 2.71. The Hall–Kier alpha value is -1.52. The predicted molar refractivity (Wildman–Crippen MR) is 71.9 cm³/mol. The summed E-state index contributed by atoms with van der Waals surface area (Å²) < 4.78 is 6.47. The van der Waals surface area contributed by atoms with Crippen LogP contribution in [0.15, 0.2) is 51.4 Å². The van der Waals surface area contributed by atoms with Gasteiger partial charge in [0.05, 0.1) is 11.0 Å². The third-order valence-electron chi connectivity index (χ3n) is 2.19. The molecule has 5 heteroatoms. The Morgan fingerprint density at radius 2 is 2.17 bits per heavy atom. The van der Waals surface area contributed by atoms with E-state index in [-0.39, 0.29) is 0 Å². The van der Waals surface area contributed by atoms with Crippen molar-refractivity contribution in [1.29, 1.82) is 0 Å². The highest BCUT2D eigenvalue weighted by atomic mass is 79.9. The van der Waals surface area contributed by atoms with E-state index in [9.17, 15) is 9.90 Å². The highest BCUT2D eigenvalue weighted by Crippen LogP contribution is 2.28. The molecule has 0 saturated heterocycles. The van der Waals surface area contributed by atoms with Gasteiger partial charge in [0.15, 0.2) is 0 Å². The van der Waals surface area contributed by atoms with Crippen LogP contribution in [0, 0.1) is 0 Å². The maximum Gasteiger partial charge on any atom is 0.146 e. The molecule has 1 aromatic carbocycles. The molecule has 0 radical (unpaired) electrons. The maximum atomic E-state index is 10.2. The molecule has 2 aromatic rings. The molecule has 0 bridgehead atoms. The second kappa shape index (κ2) is 5.42. The van der Waals surface area contributed by atoms with Crippen molar-refractivity contribution in [3.8, 4) is 0 Å². The molecule has 0 fully saturated rings. The summed E-state index contributed by atoms with van der Waals surface area (Å²) in [5, 5.41) is 11.4. The number of rotatable bonds is 3. The Kier molecular flexibility index (Phi) is 3.89. The molecule has 0 aliphatic rings. The van der Waals surface area contributed by atoms with Crippen LogP contribution in [0.5, 0.6) is 0 Å². The van der Waals surface area contributed by atoms with Crippen LogP contribution in [0.3, 0.4) is 0 Å². The number of carbonyl (C=O) groups excluding carboxylic acids is 1. The molecule has 0 saturated carbocycles. The van der Waals surface area contributed by atoms with Crippen molar-refractivity contribution in [3.63, 3.8) is 0 Å².